The molecule has 0 saturated carbocycles. The number of thiazole rings is 1. The molecular weight excluding hydrogens is 424 g/mol. The van der Waals surface area contributed by atoms with Crippen LogP contribution in [0.1, 0.15) is 5.69 Å². The lowest BCUT2D eigenvalue weighted by Crippen LogP contribution is -1.90. The Balaban J connectivity index is 1.40. The van der Waals surface area contributed by atoms with Gasteiger partial charge in [0, 0.05) is 22.9 Å². The monoisotopic (exact) mass is 442 g/mol. The van der Waals surface area contributed by atoms with Gasteiger partial charge in [0.05, 0.1) is 25.5 Å². The van der Waals surface area contributed by atoms with Gasteiger partial charge in [-0.25, -0.2) is 4.98 Å². The molecule has 4 rings (SSSR count). The third kappa shape index (κ3) is 4.87. The van der Waals surface area contributed by atoms with Crippen LogP contribution in [-0.2, 0) is 5.75 Å². The maximum Gasteiger partial charge on any atom is 0.210 e. The zero-order chi connectivity index (χ0) is 20.1. The third-order valence-corrected chi connectivity index (χ3v) is 6.90. The predicted molar refractivity (Wildman–Crippen MR) is 120 cm³/mol. The molecule has 4 aromatic rings. The number of hydrogen-bond donors (Lipinski definition) is 1. The molecule has 0 radical (unpaired) electrons. The topological polar surface area (TPSA) is 69.2 Å². The molecule has 6 nitrogen and oxygen atoms in total. The van der Waals surface area contributed by atoms with Gasteiger partial charge in [0.25, 0.3) is 0 Å². The molecule has 0 unspecified atom stereocenters. The number of ether oxygens (including phenoxy) is 2. The summed E-state index contributed by atoms with van der Waals surface area (Å²) in [4.78, 5) is 4.75. The summed E-state index contributed by atoms with van der Waals surface area (Å²) in [5, 5.41) is 15.5. The van der Waals surface area contributed by atoms with E-state index in [0.717, 1.165) is 48.7 Å². The van der Waals surface area contributed by atoms with Crippen LogP contribution >= 0.6 is 34.4 Å². The van der Waals surface area contributed by atoms with E-state index in [0.29, 0.717) is 0 Å². The minimum atomic E-state index is 0.731. The standard InChI is InChI=1S/C20H18N4O2S3/c1-25-15-8-9-16(17(10-15)26-2)18-21-14(11-27-18)12-28-20-24-23-19(29-20)22-13-6-4-3-5-7-13/h3-11H,12H2,1-2H3,(H,22,23). The molecule has 0 fully saturated rings. The molecule has 2 aromatic heterocycles. The zero-order valence-electron chi connectivity index (χ0n) is 15.8. The summed E-state index contributed by atoms with van der Waals surface area (Å²) in [6.45, 7) is 0. The van der Waals surface area contributed by atoms with Crippen LogP contribution in [0.25, 0.3) is 10.6 Å². The van der Waals surface area contributed by atoms with Crippen molar-refractivity contribution in [3.8, 4) is 22.1 Å². The molecule has 0 aliphatic heterocycles. The SMILES string of the molecule is COc1ccc(-c2nc(CSc3nnc(Nc4ccccc4)s3)cs2)c(OC)c1. The van der Waals surface area contributed by atoms with Crippen molar-refractivity contribution in [1.29, 1.82) is 0 Å². The Hall–Kier alpha value is -2.62. The molecular formula is C20H18N4O2S3. The van der Waals surface area contributed by atoms with Crippen molar-refractivity contribution in [2.24, 2.45) is 0 Å². The summed E-state index contributed by atoms with van der Waals surface area (Å²) < 4.78 is 11.7. The van der Waals surface area contributed by atoms with Gasteiger partial charge in [0.2, 0.25) is 5.13 Å². The lowest BCUT2D eigenvalue weighted by Gasteiger charge is -2.08. The first-order valence-electron chi connectivity index (χ1n) is 8.70. The molecule has 0 atom stereocenters. The van der Waals surface area contributed by atoms with Gasteiger partial charge in [-0.3, -0.25) is 0 Å². The molecule has 148 valence electrons. The molecule has 29 heavy (non-hydrogen) atoms. The third-order valence-electron chi connectivity index (χ3n) is 3.97. The average Bonchev–Trinajstić information content (AvgIpc) is 3.42. The van der Waals surface area contributed by atoms with Crippen molar-refractivity contribution >= 4 is 45.3 Å². The molecule has 2 aromatic carbocycles. The molecule has 0 aliphatic carbocycles. The van der Waals surface area contributed by atoms with Crippen LogP contribution in [0, 0.1) is 0 Å². The highest BCUT2D eigenvalue weighted by atomic mass is 32.2. The predicted octanol–water partition coefficient (Wildman–Crippen LogP) is 5.71. The summed E-state index contributed by atoms with van der Waals surface area (Å²) in [7, 11) is 3.29. The van der Waals surface area contributed by atoms with Gasteiger partial charge in [0.1, 0.15) is 16.5 Å². The number of aromatic nitrogens is 3. The van der Waals surface area contributed by atoms with E-state index in [1.165, 1.54) is 11.3 Å². The summed E-state index contributed by atoms with van der Waals surface area (Å²) in [6.07, 6.45) is 0. The quantitative estimate of drug-likeness (QED) is 0.350. The summed E-state index contributed by atoms with van der Waals surface area (Å²) in [5.41, 5.74) is 2.96. The first-order valence-corrected chi connectivity index (χ1v) is 11.4. The Morgan fingerprint density at radius 1 is 1.03 bits per heavy atom. The highest BCUT2D eigenvalue weighted by molar-refractivity contribution is 8.00. The van der Waals surface area contributed by atoms with E-state index < -0.39 is 0 Å². The molecule has 0 aliphatic rings. The van der Waals surface area contributed by atoms with E-state index in [2.05, 4.69) is 20.9 Å². The van der Waals surface area contributed by atoms with Crippen molar-refractivity contribution in [2.75, 3.05) is 19.5 Å². The summed E-state index contributed by atoms with van der Waals surface area (Å²) in [6, 6.07) is 15.7. The van der Waals surface area contributed by atoms with Crippen LogP contribution in [0.5, 0.6) is 11.5 Å². The van der Waals surface area contributed by atoms with E-state index in [-0.39, 0.29) is 0 Å². The van der Waals surface area contributed by atoms with Crippen LogP contribution < -0.4 is 14.8 Å². The number of nitrogens with one attached hydrogen (secondary N) is 1. The number of thioether (sulfide) groups is 1. The Labute approximate surface area is 181 Å². The van der Waals surface area contributed by atoms with E-state index in [4.69, 9.17) is 14.5 Å². The van der Waals surface area contributed by atoms with Crippen molar-refractivity contribution < 1.29 is 9.47 Å². The van der Waals surface area contributed by atoms with Crippen molar-refractivity contribution in [3.05, 3.63) is 59.6 Å². The van der Waals surface area contributed by atoms with Gasteiger partial charge >= 0.3 is 0 Å². The summed E-state index contributed by atoms with van der Waals surface area (Å²) >= 11 is 4.76. The van der Waals surface area contributed by atoms with Crippen LogP contribution in [0.4, 0.5) is 10.8 Å². The van der Waals surface area contributed by atoms with E-state index >= 15 is 0 Å². The van der Waals surface area contributed by atoms with Crippen LogP contribution in [0.2, 0.25) is 0 Å². The number of hydrogen-bond acceptors (Lipinski definition) is 9. The van der Waals surface area contributed by atoms with Gasteiger partial charge in [-0.1, -0.05) is 41.3 Å². The Morgan fingerprint density at radius 2 is 1.90 bits per heavy atom. The fraction of sp³-hybridized carbons (Fsp3) is 0.150. The number of anilines is 2. The second kappa shape index (κ2) is 9.25. The molecule has 0 amide bonds. The Bertz CT molecular complexity index is 1080. The number of nitrogens with zero attached hydrogens (tertiary/aromatic N) is 3. The van der Waals surface area contributed by atoms with Crippen molar-refractivity contribution in [3.63, 3.8) is 0 Å². The normalized spacial score (nSPS) is 10.7. The number of methoxy groups -OCH3 is 2. The molecule has 2 heterocycles. The van der Waals surface area contributed by atoms with E-state index in [9.17, 15) is 0 Å². The largest absolute Gasteiger partial charge is 0.497 e. The summed E-state index contributed by atoms with van der Waals surface area (Å²) in [5.74, 6) is 2.24. The lowest BCUT2D eigenvalue weighted by atomic mass is 10.2. The Kier molecular flexibility index (Phi) is 6.28. The first kappa shape index (κ1) is 19.7. The second-order valence-electron chi connectivity index (χ2n) is 5.86. The van der Waals surface area contributed by atoms with Gasteiger partial charge in [0.15, 0.2) is 4.34 Å². The minimum Gasteiger partial charge on any atom is -0.497 e. The molecule has 0 spiro atoms. The maximum atomic E-state index is 5.49. The highest BCUT2D eigenvalue weighted by Crippen LogP contribution is 2.36. The maximum absolute atomic E-state index is 5.49. The zero-order valence-corrected chi connectivity index (χ0v) is 18.2. The van der Waals surface area contributed by atoms with Crippen LogP contribution in [-0.4, -0.2) is 29.4 Å². The number of benzene rings is 2. The van der Waals surface area contributed by atoms with E-state index in [1.54, 1.807) is 37.3 Å². The molecule has 0 bridgehead atoms. The average molecular weight is 443 g/mol. The smallest absolute Gasteiger partial charge is 0.210 e. The van der Waals surface area contributed by atoms with Crippen molar-refractivity contribution in [2.45, 2.75) is 10.1 Å². The van der Waals surface area contributed by atoms with Crippen LogP contribution in [0.3, 0.4) is 0 Å². The number of rotatable bonds is 8. The second-order valence-corrected chi connectivity index (χ2v) is 8.92. The van der Waals surface area contributed by atoms with Crippen LogP contribution in [0.15, 0.2) is 58.3 Å². The lowest BCUT2D eigenvalue weighted by molar-refractivity contribution is 0.395. The molecule has 9 heteroatoms. The minimum absolute atomic E-state index is 0.731. The van der Waals surface area contributed by atoms with Gasteiger partial charge < -0.3 is 14.8 Å². The number of para-hydroxylation sites is 1. The van der Waals surface area contributed by atoms with Gasteiger partial charge in [-0.05, 0) is 24.3 Å². The Morgan fingerprint density at radius 3 is 2.69 bits per heavy atom. The van der Waals surface area contributed by atoms with Crippen molar-refractivity contribution in [1.82, 2.24) is 15.2 Å². The fourth-order valence-electron chi connectivity index (χ4n) is 2.57. The fourth-order valence-corrected chi connectivity index (χ4v) is 5.19. The van der Waals surface area contributed by atoms with Gasteiger partial charge in [-0.2, -0.15) is 0 Å². The van der Waals surface area contributed by atoms with Gasteiger partial charge in [-0.15, -0.1) is 21.5 Å². The van der Waals surface area contributed by atoms with E-state index in [1.807, 2.05) is 48.5 Å². The highest BCUT2D eigenvalue weighted by Gasteiger charge is 2.13. The molecule has 1 N–H and O–H groups in total. The molecule has 0 saturated heterocycles. The first-order chi connectivity index (χ1) is 14.2.